The van der Waals surface area contributed by atoms with Crippen LogP contribution in [0.15, 0.2) is 42.7 Å². The molecule has 1 heterocycles. The monoisotopic (exact) mass is 311 g/mol. The molecule has 0 aliphatic carbocycles. The highest BCUT2D eigenvalue weighted by atomic mass is 16.5. The lowest BCUT2D eigenvalue weighted by molar-refractivity contribution is 0.100. The fourth-order valence-electron chi connectivity index (χ4n) is 2.43. The van der Waals surface area contributed by atoms with Crippen molar-refractivity contribution in [2.75, 3.05) is 18.3 Å². The third-order valence-electron chi connectivity index (χ3n) is 3.62. The second-order valence-electron chi connectivity index (χ2n) is 5.05. The average molecular weight is 311 g/mol. The van der Waals surface area contributed by atoms with Gasteiger partial charge in [-0.05, 0) is 18.2 Å². The van der Waals surface area contributed by atoms with Gasteiger partial charge in [-0.25, -0.2) is 9.66 Å². The Morgan fingerprint density at radius 1 is 1.35 bits per heavy atom. The first-order valence-electron chi connectivity index (χ1n) is 7.02. The van der Waals surface area contributed by atoms with E-state index in [-0.39, 0.29) is 5.56 Å². The lowest BCUT2D eigenvalue weighted by Crippen LogP contribution is -2.16. The van der Waals surface area contributed by atoms with Crippen molar-refractivity contribution in [3.8, 4) is 5.75 Å². The number of nitrogens with one attached hydrogen (secondary N) is 1. The van der Waals surface area contributed by atoms with E-state index < -0.39 is 5.91 Å². The molecular formula is C16H17N5O2. The van der Waals surface area contributed by atoms with E-state index in [0.29, 0.717) is 17.7 Å². The molecule has 0 radical (unpaired) electrons. The number of benzene rings is 2. The quantitative estimate of drug-likeness (QED) is 0.618. The van der Waals surface area contributed by atoms with Gasteiger partial charge in [-0.1, -0.05) is 18.2 Å². The smallest absolute Gasteiger partial charge is 0.250 e. The number of nitrogens with two attached hydrogens (primary N) is 2. The molecule has 0 saturated heterocycles. The molecule has 0 saturated carbocycles. The normalized spacial score (nSPS) is 10.7. The van der Waals surface area contributed by atoms with Gasteiger partial charge in [0, 0.05) is 11.3 Å². The fraction of sp³-hybridized carbons (Fsp3) is 0.125. The summed E-state index contributed by atoms with van der Waals surface area (Å²) >= 11 is 0. The number of fused-ring (bicyclic) bond motifs is 1. The first-order chi connectivity index (χ1) is 11.1. The van der Waals surface area contributed by atoms with Crippen LogP contribution in [-0.2, 0) is 6.54 Å². The summed E-state index contributed by atoms with van der Waals surface area (Å²) < 4.78 is 7.06. The van der Waals surface area contributed by atoms with Crippen LogP contribution in [-0.4, -0.2) is 22.7 Å². The van der Waals surface area contributed by atoms with Gasteiger partial charge >= 0.3 is 0 Å². The second kappa shape index (κ2) is 5.88. The van der Waals surface area contributed by atoms with Gasteiger partial charge in [0.1, 0.15) is 12.1 Å². The third kappa shape index (κ3) is 2.76. The van der Waals surface area contributed by atoms with Crippen LogP contribution in [0.5, 0.6) is 5.75 Å². The first kappa shape index (κ1) is 14.7. The minimum atomic E-state index is -0.568. The molecule has 23 heavy (non-hydrogen) atoms. The van der Waals surface area contributed by atoms with Crippen LogP contribution in [0.1, 0.15) is 15.9 Å². The van der Waals surface area contributed by atoms with Crippen molar-refractivity contribution in [3.05, 3.63) is 53.9 Å². The van der Waals surface area contributed by atoms with Gasteiger partial charge in [0.15, 0.2) is 0 Å². The number of nitrogens with zero attached hydrogens (tertiary/aromatic N) is 2. The average Bonchev–Trinajstić information content (AvgIpc) is 2.94. The van der Waals surface area contributed by atoms with E-state index in [1.54, 1.807) is 30.2 Å². The maximum Gasteiger partial charge on any atom is 0.250 e. The van der Waals surface area contributed by atoms with Crippen molar-refractivity contribution in [1.29, 1.82) is 0 Å². The molecule has 0 atom stereocenters. The number of para-hydroxylation sites is 1. The molecule has 0 spiro atoms. The van der Waals surface area contributed by atoms with Crippen molar-refractivity contribution in [3.63, 3.8) is 0 Å². The zero-order valence-electron chi connectivity index (χ0n) is 12.6. The summed E-state index contributed by atoms with van der Waals surface area (Å²) in [4.78, 5) is 15.7. The Morgan fingerprint density at radius 3 is 2.87 bits per heavy atom. The Labute approximate surface area is 132 Å². The minimum Gasteiger partial charge on any atom is -0.496 e. The van der Waals surface area contributed by atoms with Crippen molar-refractivity contribution in [2.45, 2.75) is 6.54 Å². The molecule has 0 fully saturated rings. The van der Waals surface area contributed by atoms with Crippen LogP contribution in [0.4, 0.5) is 5.69 Å². The molecule has 7 heteroatoms. The number of anilines is 1. The summed E-state index contributed by atoms with van der Waals surface area (Å²) in [6, 6.07) is 11.0. The molecule has 3 aromatic rings. The fourth-order valence-corrected chi connectivity index (χ4v) is 2.43. The van der Waals surface area contributed by atoms with E-state index in [2.05, 4.69) is 10.4 Å². The molecule has 1 aromatic heterocycles. The number of carbonyl (C=O) groups excluding carboxylic acids is 1. The van der Waals surface area contributed by atoms with E-state index in [1.165, 1.54) is 0 Å². The van der Waals surface area contributed by atoms with Crippen molar-refractivity contribution in [1.82, 2.24) is 9.66 Å². The van der Waals surface area contributed by atoms with Gasteiger partial charge in [-0.15, -0.1) is 0 Å². The molecule has 3 rings (SSSR count). The summed E-state index contributed by atoms with van der Waals surface area (Å²) in [5.41, 5.74) is 17.4. The van der Waals surface area contributed by atoms with Crippen LogP contribution in [0.3, 0.4) is 0 Å². The molecule has 0 bridgehead atoms. The van der Waals surface area contributed by atoms with E-state index in [4.69, 9.17) is 16.2 Å². The summed E-state index contributed by atoms with van der Waals surface area (Å²) in [5.74, 6) is 0.230. The number of imidazole rings is 1. The largest absolute Gasteiger partial charge is 0.496 e. The second-order valence-corrected chi connectivity index (χ2v) is 5.05. The predicted octanol–water partition coefficient (Wildman–Crippen LogP) is 1.47. The molecule has 118 valence electrons. The van der Waals surface area contributed by atoms with Gasteiger partial charge in [0.2, 0.25) is 0 Å². The van der Waals surface area contributed by atoms with Gasteiger partial charge in [-0.2, -0.15) is 0 Å². The van der Waals surface area contributed by atoms with E-state index in [1.807, 2.05) is 24.3 Å². The third-order valence-corrected chi connectivity index (χ3v) is 3.62. The van der Waals surface area contributed by atoms with E-state index >= 15 is 0 Å². The number of rotatable bonds is 5. The number of methoxy groups -OCH3 is 1. The molecule has 7 nitrogen and oxygen atoms in total. The lowest BCUT2D eigenvalue weighted by Gasteiger charge is -2.12. The number of carbonyl (C=O) groups is 1. The number of hydrogen-bond donors (Lipinski definition) is 3. The molecule has 0 unspecified atom stereocenters. The molecule has 0 aliphatic rings. The Bertz CT molecular complexity index is 872. The van der Waals surface area contributed by atoms with Crippen LogP contribution in [0.25, 0.3) is 11.0 Å². The summed E-state index contributed by atoms with van der Waals surface area (Å²) in [6.45, 7) is 0.533. The van der Waals surface area contributed by atoms with Crippen molar-refractivity contribution in [2.24, 2.45) is 5.73 Å². The molecule has 0 aliphatic heterocycles. The summed E-state index contributed by atoms with van der Waals surface area (Å²) in [7, 11) is 1.63. The van der Waals surface area contributed by atoms with Crippen LogP contribution < -0.4 is 21.6 Å². The maximum absolute atomic E-state index is 11.4. The van der Waals surface area contributed by atoms with Gasteiger partial charge in [0.25, 0.3) is 5.91 Å². The Balaban J connectivity index is 1.91. The maximum atomic E-state index is 11.4. The number of hydrogen-bond acceptors (Lipinski definition) is 5. The highest BCUT2D eigenvalue weighted by Gasteiger charge is 2.11. The topological polar surface area (TPSA) is 108 Å². The number of primary amides is 1. The standard InChI is InChI=1S/C16H17N5O2/c1-23-15-5-3-2-4-10(15)8-20-21-9-19-13-7-12(17)11(16(18)22)6-14(13)21/h2-7,9,20H,8,17H2,1H3,(H2,18,22). The van der Waals surface area contributed by atoms with Crippen molar-refractivity contribution < 1.29 is 9.53 Å². The van der Waals surface area contributed by atoms with E-state index in [0.717, 1.165) is 16.8 Å². The minimum absolute atomic E-state index is 0.276. The van der Waals surface area contributed by atoms with Gasteiger partial charge < -0.3 is 21.6 Å². The molecule has 1 amide bonds. The van der Waals surface area contributed by atoms with Gasteiger partial charge in [0.05, 0.1) is 30.3 Å². The number of aromatic nitrogens is 2. The molecule has 5 N–H and O–H groups in total. The summed E-state index contributed by atoms with van der Waals surface area (Å²) in [6.07, 6.45) is 1.63. The zero-order chi connectivity index (χ0) is 16.4. The van der Waals surface area contributed by atoms with Gasteiger partial charge in [-0.3, -0.25) is 4.79 Å². The molecule has 2 aromatic carbocycles. The number of ether oxygens (including phenoxy) is 1. The Morgan fingerprint density at radius 2 is 2.13 bits per heavy atom. The van der Waals surface area contributed by atoms with Crippen molar-refractivity contribution >= 4 is 22.6 Å². The Hall–Kier alpha value is -3.22. The number of nitrogen functional groups attached to an aromatic ring is 1. The summed E-state index contributed by atoms with van der Waals surface area (Å²) in [5, 5.41) is 0. The number of amides is 1. The van der Waals surface area contributed by atoms with Crippen LogP contribution in [0, 0.1) is 0 Å². The zero-order valence-corrected chi connectivity index (χ0v) is 12.6. The highest BCUT2D eigenvalue weighted by molar-refractivity contribution is 6.01. The predicted molar refractivity (Wildman–Crippen MR) is 88.7 cm³/mol. The Kier molecular flexibility index (Phi) is 3.76. The SMILES string of the molecule is COc1ccccc1CNn1cnc2cc(N)c(C(N)=O)cc21. The first-order valence-corrected chi connectivity index (χ1v) is 7.02. The van der Waals surface area contributed by atoms with Crippen LogP contribution in [0.2, 0.25) is 0 Å². The van der Waals surface area contributed by atoms with E-state index in [9.17, 15) is 4.79 Å². The lowest BCUT2D eigenvalue weighted by atomic mass is 10.1. The van der Waals surface area contributed by atoms with Crippen LogP contribution >= 0.6 is 0 Å². The highest BCUT2D eigenvalue weighted by Crippen LogP contribution is 2.21. The molecular weight excluding hydrogens is 294 g/mol.